The average molecular weight is 372 g/mol. The van der Waals surface area contributed by atoms with Gasteiger partial charge in [0.2, 0.25) is 5.91 Å². The van der Waals surface area contributed by atoms with Crippen molar-refractivity contribution in [3.05, 3.63) is 45.3 Å². The van der Waals surface area contributed by atoms with E-state index < -0.39 is 0 Å². The average Bonchev–Trinajstić information content (AvgIpc) is 3.11. The van der Waals surface area contributed by atoms with E-state index in [0.29, 0.717) is 15.2 Å². The van der Waals surface area contributed by atoms with Crippen LogP contribution in [0.3, 0.4) is 0 Å². The van der Waals surface area contributed by atoms with E-state index in [4.69, 9.17) is 0 Å². The Bertz CT molecular complexity index is 915. The van der Waals surface area contributed by atoms with Crippen molar-refractivity contribution in [3.63, 3.8) is 0 Å². The molecule has 2 heterocycles. The number of thiazole rings is 1. The molecule has 6 nitrogen and oxygen atoms in total. The van der Waals surface area contributed by atoms with Gasteiger partial charge in [-0.15, -0.1) is 0 Å². The number of nitrogens with one attached hydrogen (secondary N) is 2. The molecule has 0 saturated carbocycles. The fraction of sp³-hybridized carbons (Fsp3) is 0.176. The van der Waals surface area contributed by atoms with Crippen molar-refractivity contribution in [2.24, 2.45) is 4.99 Å². The van der Waals surface area contributed by atoms with Gasteiger partial charge in [-0.3, -0.25) is 9.59 Å². The van der Waals surface area contributed by atoms with E-state index in [1.807, 2.05) is 32.0 Å². The van der Waals surface area contributed by atoms with Gasteiger partial charge in [-0.05, 0) is 48.9 Å². The summed E-state index contributed by atoms with van der Waals surface area (Å²) >= 11 is 2.60. The summed E-state index contributed by atoms with van der Waals surface area (Å²) in [7, 11) is 0. The first-order valence-electron chi connectivity index (χ1n) is 7.51. The van der Waals surface area contributed by atoms with Crippen LogP contribution in [0.1, 0.15) is 22.9 Å². The first-order valence-corrected chi connectivity index (χ1v) is 9.15. The zero-order valence-corrected chi connectivity index (χ0v) is 15.5. The van der Waals surface area contributed by atoms with Gasteiger partial charge in [0.15, 0.2) is 10.3 Å². The number of carbonyl (C=O) groups is 2. The van der Waals surface area contributed by atoms with E-state index in [-0.39, 0.29) is 11.8 Å². The maximum atomic E-state index is 12.1. The Morgan fingerprint density at radius 1 is 1.36 bits per heavy atom. The molecular formula is C17H16N4O2S2. The molecule has 0 aliphatic carbocycles. The van der Waals surface area contributed by atoms with Crippen molar-refractivity contribution in [1.82, 2.24) is 10.3 Å². The quantitative estimate of drug-likeness (QED) is 0.806. The molecule has 0 bridgehead atoms. The lowest BCUT2D eigenvalue weighted by Crippen LogP contribution is -2.19. The molecule has 0 radical (unpaired) electrons. The highest BCUT2D eigenvalue weighted by Crippen LogP contribution is 2.31. The number of aryl methyl sites for hydroxylation is 1. The predicted octanol–water partition coefficient (Wildman–Crippen LogP) is 3.61. The van der Waals surface area contributed by atoms with Crippen LogP contribution in [0.15, 0.2) is 34.3 Å². The van der Waals surface area contributed by atoms with Crippen LogP contribution in [0.4, 0.5) is 10.8 Å². The fourth-order valence-electron chi connectivity index (χ4n) is 2.14. The maximum Gasteiger partial charge on any atom is 0.264 e. The van der Waals surface area contributed by atoms with Crippen LogP contribution >= 0.6 is 23.1 Å². The predicted molar refractivity (Wildman–Crippen MR) is 103 cm³/mol. The van der Waals surface area contributed by atoms with Crippen LogP contribution < -0.4 is 10.6 Å². The zero-order chi connectivity index (χ0) is 18.0. The number of rotatable bonds is 3. The molecule has 0 atom stereocenters. The summed E-state index contributed by atoms with van der Waals surface area (Å²) in [5.41, 5.74) is 3.08. The lowest BCUT2D eigenvalue weighted by atomic mass is 10.1. The van der Waals surface area contributed by atoms with E-state index in [1.54, 1.807) is 12.3 Å². The molecule has 3 rings (SSSR count). The Hall–Kier alpha value is -2.45. The van der Waals surface area contributed by atoms with Gasteiger partial charge in [0.05, 0.1) is 15.5 Å². The number of aliphatic imine (C=N–C) groups is 1. The minimum absolute atomic E-state index is 0.176. The maximum absolute atomic E-state index is 12.1. The fourth-order valence-corrected chi connectivity index (χ4v) is 3.84. The highest BCUT2D eigenvalue weighted by molar-refractivity contribution is 8.18. The van der Waals surface area contributed by atoms with Crippen LogP contribution in [0.5, 0.6) is 0 Å². The van der Waals surface area contributed by atoms with Gasteiger partial charge < -0.3 is 10.6 Å². The zero-order valence-electron chi connectivity index (χ0n) is 13.9. The molecule has 128 valence electrons. The summed E-state index contributed by atoms with van der Waals surface area (Å²) in [6, 6.07) is 5.90. The molecular weight excluding hydrogens is 356 g/mol. The van der Waals surface area contributed by atoms with Crippen molar-refractivity contribution in [2.75, 3.05) is 5.32 Å². The van der Waals surface area contributed by atoms with Crippen molar-refractivity contribution in [3.8, 4) is 0 Å². The second kappa shape index (κ2) is 7.20. The second-order valence-corrected chi connectivity index (χ2v) is 7.54. The molecule has 0 spiro atoms. The topological polar surface area (TPSA) is 83.4 Å². The molecule has 2 aromatic rings. The summed E-state index contributed by atoms with van der Waals surface area (Å²) in [4.78, 5) is 33.2. The Labute approximate surface area is 153 Å². The van der Waals surface area contributed by atoms with Gasteiger partial charge in [-0.25, -0.2) is 9.98 Å². The van der Waals surface area contributed by atoms with Crippen molar-refractivity contribution < 1.29 is 9.59 Å². The number of amides is 2. The molecule has 2 N–H and O–H groups in total. The van der Waals surface area contributed by atoms with E-state index in [0.717, 1.165) is 21.7 Å². The third-order valence-corrected chi connectivity index (χ3v) is 5.30. The van der Waals surface area contributed by atoms with Gasteiger partial charge in [0, 0.05) is 13.1 Å². The Balaban J connectivity index is 1.80. The lowest BCUT2D eigenvalue weighted by Gasteiger charge is -2.04. The molecule has 8 heteroatoms. The molecule has 0 unspecified atom stereocenters. The number of thioether (sulfide) groups is 1. The molecule has 1 saturated heterocycles. The third kappa shape index (κ3) is 4.15. The van der Waals surface area contributed by atoms with Crippen LogP contribution in [-0.2, 0) is 9.59 Å². The number of carbonyl (C=O) groups excluding carboxylic acids is 2. The first kappa shape index (κ1) is 17.4. The van der Waals surface area contributed by atoms with Gasteiger partial charge in [-0.1, -0.05) is 23.5 Å². The summed E-state index contributed by atoms with van der Waals surface area (Å²) in [5, 5.41) is 6.46. The van der Waals surface area contributed by atoms with E-state index in [1.165, 1.54) is 30.0 Å². The minimum atomic E-state index is -0.191. The molecule has 2 amide bonds. The molecule has 1 aliphatic heterocycles. The van der Waals surface area contributed by atoms with Crippen LogP contribution in [0, 0.1) is 13.8 Å². The van der Waals surface area contributed by atoms with Gasteiger partial charge in [-0.2, -0.15) is 0 Å². The first-order chi connectivity index (χ1) is 11.9. The molecule has 1 aromatic heterocycles. The minimum Gasteiger partial charge on any atom is -0.302 e. The monoisotopic (exact) mass is 372 g/mol. The number of amidine groups is 1. The number of hydrogen-bond donors (Lipinski definition) is 2. The van der Waals surface area contributed by atoms with Gasteiger partial charge >= 0.3 is 0 Å². The second-order valence-electron chi connectivity index (χ2n) is 5.45. The highest BCUT2D eigenvalue weighted by Gasteiger charge is 2.24. The molecule has 1 aromatic carbocycles. The number of hydrogen-bond acceptors (Lipinski definition) is 6. The Kier molecular flexibility index (Phi) is 5.00. The lowest BCUT2D eigenvalue weighted by molar-refractivity contribution is -0.115. The number of aromatic nitrogens is 1. The van der Waals surface area contributed by atoms with E-state index in [2.05, 4.69) is 20.6 Å². The Morgan fingerprint density at radius 2 is 2.16 bits per heavy atom. The van der Waals surface area contributed by atoms with Crippen molar-refractivity contribution in [2.45, 2.75) is 20.8 Å². The normalized spacial score (nSPS) is 17.2. The largest absolute Gasteiger partial charge is 0.302 e. The number of anilines is 1. The molecule has 1 aliphatic rings. The number of benzene rings is 1. The summed E-state index contributed by atoms with van der Waals surface area (Å²) in [6.45, 7) is 5.46. The number of nitrogens with zero attached hydrogens (tertiary/aromatic N) is 2. The molecule has 1 fully saturated rings. The van der Waals surface area contributed by atoms with Gasteiger partial charge in [0.25, 0.3) is 5.91 Å². The standard InChI is InChI=1S/C17H16N4O2S2/c1-9-5-4-6-13(10(9)2)20-17-21-15(23)14(25-17)7-12-8-18-16(24-12)19-11(3)22/h4-8H,1-3H3,(H,18,19,22)(H,20,21,23). The van der Waals surface area contributed by atoms with E-state index >= 15 is 0 Å². The highest BCUT2D eigenvalue weighted by atomic mass is 32.2. The van der Waals surface area contributed by atoms with Crippen LogP contribution in [-0.4, -0.2) is 22.0 Å². The van der Waals surface area contributed by atoms with Crippen LogP contribution in [0.25, 0.3) is 6.08 Å². The van der Waals surface area contributed by atoms with Crippen molar-refractivity contribution >= 4 is 57.0 Å². The molecule has 25 heavy (non-hydrogen) atoms. The SMILES string of the molecule is CC(=O)Nc1ncc(C=C2SC(=Nc3cccc(C)c3C)NC2=O)s1. The van der Waals surface area contributed by atoms with Gasteiger partial charge in [0.1, 0.15) is 0 Å². The summed E-state index contributed by atoms with van der Waals surface area (Å²) in [5.74, 6) is -0.368. The Morgan fingerprint density at radius 3 is 2.92 bits per heavy atom. The smallest absolute Gasteiger partial charge is 0.264 e. The van der Waals surface area contributed by atoms with Crippen molar-refractivity contribution in [1.29, 1.82) is 0 Å². The van der Waals surface area contributed by atoms with Crippen LogP contribution in [0.2, 0.25) is 0 Å². The summed E-state index contributed by atoms with van der Waals surface area (Å²) < 4.78 is 0. The van der Waals surface area contributed by atoms with E-state index in [9.17, 15) is 9.59 Å². The summed E-state index contributed by atoms with van der Waals surface area (Å²) in [6.07, 6.45) is 3.37. The third-order valence-electron chi connectivity index (χ3n) is 3.53.